The molecule has 0 saturated heterocycles. The smallest absolute Gasteiger partial charge is 0.320 e. The molecule has 9 heteroatoms. The zero-order chi connectivity index (χ0) is 34.5. The third kappa shape index (κ3) is 5.85. The van der Waals surface area contributed by atoms with Crippen molar-refractivity contribution in [2.75, 3.05) is 12.4 Å². The van der Waals surface area contributed by atoms with Crippen LogP contribution in [0.15, 0.2) is 146 Å². The number of nitrogens with one attached hydrogen (secondary N) is 2. The van der Waals surface area contributed by atoms with Crippen molar-refractivity contribution in [2.45, 2.75) is 18.5 Å². The van der Waals surface area contributed by atoms with Crippen LogP contribution in [0.4, 0.5) is 10.6 Å². The number of anilines is 1. The Balaban J connectivity index is 1.52. The highest BCUT2D eigenvalue weighted by Gasteiger charge is 2.41. The topological polar surface area (TPSA) is 111 Å². The molecule has 0 saturated carbocycles. The molecule has 1 unspecified atom stereocenters. The summed E-state index contributed by atoms with van der Waals surface area (Å²) in [4.78, 5) is 34.5. The van der Waals surface area contributed by atoms with Crippen LogP contribution in [0.3, 0.4) is 0 Å². The molecule has 3 heterocycles. The summed E-state index contributed by atoms with van der Waals surface area (Å²) in [5, 5.41) is 11.8. The van der Waals surface area contributed by atoms with Crippen LogP contribution < -0.4 is 15.4 Å². The van der Waals surface area contributed by atoms with E-state index in [0.29, 0.717) is 34.3 Å². The lowest BCUT2D eigenvalue weighted by Crippen LogP contribution is -2.38. The number of aromatic nitrogens is 4. The minimum atomic E-state index is -0.995. The van der Waals surface area contributed by atoms with Crippen LogP contribution in [0.2, 0.25) is 0 Å². The minimum absolute atomic E-state index is 0.240. The molecule has 7 rings (SSSR count). The van der Waals surface area contributed by atoms with Gasteiger partial charge in [0.1, 0.15) is 17.1 Å². The molecule has 0 spiro atoms. The first-order chi connectivity index (χ1) is 24.5. The number of carbonyl (C=O) groups is 2. The molecular weight excluding hydrogens is 624 g/mol. The van der Waals surface area contributed by atoms with Crippen LogP contribution in [0.25, 0.3) is 22.2 Å². The Morgan fingerprint density at radius 2 is 1.36 bits per heavy atom. The fourth-order valence-electron chi connectivity index (χ4n) is 6.51. The fourth-order valence-corrected chi connectivity index (χ4v) is 6.51. The first-order valence-electron chi connectivity index (χ1n) is 16.2. The van der Waals surface area contributed by atoms with Gasteiger partial charge in [-0.3, -0.25) is 15.1 Å². The van der Waals surface area contributed by atoms with E-state index in [1.807, 2.05) is 103 Å². The van der Waals surface area contributed by atoms with E-state index in [-0.39, 0.29) is 17.6 Å². The number of carbonyl (C=O) groups excluding carboxylic acids is 2. The summed E-state index contributed by atoms with van der Waals surface area (Å²) in [6.07, 6.45) is 2.24. The van der Waals surface area contributed by atoms with E-state index < -0.39 is 11.6 Å². The molecule has 0 aliphatic rings. The molecule has 0 bridgehead atoms. The van der Waals surface area contributed by atoms with Crippen LogP contribution in [0.5, 0.6) is 5.88 Å². The second kappa shape index (κ2) is 13.9. The Morgan fingerprint density at radius 1 is 0.800 bits per heavy atom. The van der Waals surface area contributed by atoms with Gasteiger partial charge in [0.2, 0.25) is 5.88 Å². The minimum Gasteiger partial charge on any atom is -0.479 e. The van der Waals surface area contributed by atoms with E-state index >= 15 is 0 Å². The lowest BCUT2D eigenvalue weighted by Gasteiger charge is -2.37. The van der Waals surface area contributed by atoms with Crippen LogP contribution in [0.1, 0.15) is 45.7 Å². The zero-order valence-corrected chi connectivity index (χ0v) is 27.5. The lowest BCUT2D eigenvalue weighted by molar-refractivity contribution is 0.111. The molecule has 0 aliphatic heterocycles. The second-order valence-electron chi connectivity index (χ2n) is 11.8. The number of methoxy groups -OCH3 is 1. The molecule has 2 amide bonds. The Kier molecular flexibility index (Phi) is 8.86. The highest BCUT2D eigenvalue weighted by atomic mass is 16.5. The standard InChI is InChI=1S/C41H34N6O3/c1-28(29-15-7-3-8-16-29)43-40(49)45-36-26-35-37(38(44-36)30-23-24-42-34(25-30)27-48)39(50-2)46-47(35)41(31-17-9-4-10-18-31,32-19-11-5-12-20-32)33-21-13-6-14-22-33/h3-28H,1-2H3,(H2,43,44,45,49). The van der Waals surface area contributed by atoms with Crippen molar-refractivity contribution in [3.05, 3.63) is 174 Å². The molecule has 7 aromatic rings. The highest BCUT2D eigenvalue weighted by molar-refractivity contribution is 6.01. The number of rotatable bonds is 10. The SMILES string of the molecule is COc1nn(C(c2ccccc2)(c2ccccc2)c2ccccc2)c2cc(NC(=O)NC(C)c3ccccc3)nc(-c3ccnc(C=O)c3)c12. The number of aldehydes is 1. The lowest BCUT2D eigenvalue weighted by atomic mass is 9.77. The van der Waals surface area contributed by atoms with Crippen LogP contribution >= 0.6 is 0 Å². The molecule has 50 heavy (non-hydrogen) atoms. The maximum Gasteiger partial charge on any atom is 0.320 e. The van der Waals surface area contributed by atoms with E-state index in [1.165, 1.54) is 0 Å². The monoisotopic (exact) mass is 658 g/mol. The number of ether oxygens (including phenoxy) is 1. The summed E-state index contributed by atoms with van der Waals surface area (Å²) in [6.45, 7) is 1.92. The summed E-state index contributed by atoms with van der Waals surface area (Å²) >= 11 is 0. The van der Waals surface area contributed by atoms with Crippen molar-refractivity contribution >= 4 is 29.0 Å². The number of urea groups is 1. The number of benzene rings is 4. The summed E-state index contributed by atoms with van der Waals surface area (Å²) in [5.74, 6) is 0.606. The first kappa shape index (κ1) is 32.0. The predicted octanol–water partition coefficient (Wildman–Crippen LogP) is 8.04. The molecule has 0 fully saturated rings. The number of pyridine rings is 2. The molecule has 2 N–H and O–H groups in total. The van der Waals surface area contributed by atoms with Crippen molar-refractivity contribution in [3.8, 4) is 17.1 Å². The van der Waals surface area contributed by atoms with Gasteiger partial charge in [-0.05, 0) is 41.3 Å². The van der Waals surface area contributed by atoms with Crippen molar-refractivity contribution in [2.24, 2.45) is 0 Å². The van der Waals surface area contributed by atoms with Gasteiger partial charge in [0, 0.05) is 17.8 Å². The fraction of sp³-hybridized carbons (Fsp3) is 0.0976. The Labute approximate surface area is 289 Å². The average molecular weight is 659 g/mol. The summed E-state index contributed by atoms with van der Waals surface area (Å²) in [6, 6.07) is 44.8. The summed E-state index contributed by atoms with van der Waals surface area (Å²) in [5.41, 5.74) is 4.79. The van der Waals surface area contributed by atoms with Crippen LogP contribution in [-0.4, -0.2) is 39.2 Å². The van der Waals surface area contributed by atoms with Gasteiger partial charge in [-0.2, -0.15) is 0 Å². The number of hydrogen-bond donors (Lipinski definition) is 2. The van der Waals surface area contributed by atoms with Gasteiger partial charge in [0.25, 0.3) is 0 Å². The van der Waals surface area contributed by atoms with Gasteiger partial charge in [-0.15, -0.1) is 5.10 Å². The Bertz CT molecular complexity index is 2160. The Hall–Kier alpha value is -6.61. The normalized spacial score (nSPS) is 11.9. The molecule has 0 radical (unpaired) electrons. The molecule has 4 aromatic carbocycles. The van der Waals surface area contributed by atoms with Crippen LogP contribution in [-0.2, 0) is 5.54 Å². The zero-order valence-electron chi connectivity index (χ0n) is 27.5. The van der Waals surface area contributed by atoms with Gasteiger partial charge < -0.3 is 10.1 Å². The highest BCUT2D eigenvalue weighted by Crippen LogP contribution is 2.45. The predicted molar refractivity (Wildman–Crippen MR) is 194 cm³/mol. The third-order valence-electron chi connectivity index (χ3n) is 8.78. The van der Waals surface area contributed by atoms with E-state index in [4.69, 9.17) is 14.8 Å². The van der Waals surface area contributed by atoms with Crippen molar-refractivity contribution in [1.29, 1.82) is 0 Å². The van der Waals surface area contributed by atoms with E-state index in [9.17, 15) is 9.59 Å². The first-order valence-corrected chi connectivity index (χ1v) is 16.2. The number of nitrogens with zero attached hydrogens (tertiary/aromatic N) is 4. The number of hydrogen-bond acceptors (Lipinski definition) is 6. The third-order valence-corrected chi connectivity index (χ3v) is 8.78. The average Bonchev–Trinajstić information content (AvgIpc) is 3.55. The quantitative estimate of drug-likeness (QED) is 0.114. The van der Waals surface area contributed by atoms with Gasteiger partial charge >= 0.3 is 6.03 Å². The van der Waals surface area contributed by atoms with Crippen LogP contribution in [0, 0.1) is 0 Å². The molecule has 0 aliphatic carbocycles. The second-order valence-corrected chi connectivity index (χ2v) is 11.8. The number of amides is 2. The van der Waals surface area contributed by atoms with Gasteiger partial charge in [0.05, 0.1) is 29.7 Å². The summed E-state index contributed by atoms with van der Waals surface area (Å²) in [7, 11) is 1.57. The maximum absolute atomic E-state index is 13.5. The van der Waals surface area contributed by atoms with Gasteiger partial charge in [-0.25, -0.2) is 14.5 Å². The molecule has 246 valence electrons. The van der Waals surface area contributed by atoms with Gasteiger partial charge in [-0.1, -0.05) is 121 Å². The van der Waals surface area contributed by atoms with Crippen molar-refractivity contribution < 1.29 is 14.3 Å². The molecule has 9 nitrogen and oxygen atoms in total. The van der Waals surface area contributed by atoms with Crippen molar-refractivity contribution in [3.63, 3.8) is 0 Å². The molecular formula is C41H34N6O3. The summed E-state index contributed by atoms with van der Waals surface area (Å²) < 4.78 is 7.94. The number of fused-ring (bicyclic) bond motifs is 1. The Morgan fingerprint density at radius 3 is 1.90 bits per heavy atom. The van der Waals surface area contributed by atoms with Gasteiger partial charge in [0.15, 0.2) is 6.29 Å². The molecule has 3 aromatic heterocycles. The van der Waals surface area contributed by atoms with E-state index in [0.717, 1.165) is 22.3 Å². The maximum atomic E-state index is 13.5. The largest absolute Gasteiger partial charge is 0.479 e. The van der Waals surface area contributed by atoms with E-state index in [2.05, 4.69) is 52.0 Å². The molecule has 1 atom stereocenters. The van der Waals surface area contributed by atoms with E-state index in [1.54, 1.807) is 25.4 Å². The van der Waals surface area contributed by atoms with Crippen molar-refractivity contribution in [1.82, 2.24) is 25.1 Å².